The zero-order valence-electron chi connectivity index (χ0n) is 20.3. The number of morpholine rings is 1. The van der Waals surface area contributed by atoms with Crippen molar-refractivity contribution in [2.45, 2.75) is 70.2 Å². The van der Waals surface area contributed by atoms with Crippen LogP contribution in [0.15, 0.2) is 29.2 Å². The van der Waals surface area contributed by atoms with Crippen molar-refractivity contribution in [1.82, 2.24) is 8.87 Å². The minimum absolute atomic E-state index is 0.000768. The third-order valence-corrected chi connectivity index (χ3v) is 8.57. The van der Waals surface area contributed by atoms with E-state index in [1.165, 1.54) is 16.8 Å². The number of aromatic nitrogens is 1. The summed E-state index contributed by atoms with van der Waals surface area (Å²) < 4.78 is 28.3. The molecule has 1 fully saturated rings. The summed E-state index contributed by atoms with van der Waals surface area (Å²) >= 11 is 0. The average molecular weight is 473 g/mol. The maximum absolute atomic E-state index is 13.4. The van der Waals surface area contributed by atoms with Crippen LogP contribution in [-0.2, 0) is 50.1 Å². The normalized spacial score (nSPS) is 19.2. The second kappa shape index (κ2) is 10.1. The molecule has 1 saturated heterocycles. The Bertz CT molecular complexity index is 1040. The maximum atomic E-state index is 13.4. The molecular formula is C26H36N2O4S. The van der Waals surface area contributed by atoms with E-state index in [0.717, 1.165) is 35.4 Å². The highest BCUT2D eigenvalue weighted by atomic mass is 32.2. The molecule has 0 spiro atoms. The first-order chi connectivity index (χ1) is 15.8. The Balaban J connectivity index is 1.73. The number of carbonyl (C=O) groups excluding carboxylic acids is 1. The minimum atomic E-state index is -1.21. The highest BCUT2D eigenvalue weighted by molar-refractivity contribution is 7.82. The van der Waals surface area contributed by atoms with Crippen molar-refractivity contribution in [3.8, 4) is 0 Å². The van der Waals surface area contributed by atoms with E-state index in [9.17, 15) is 9.00 Å². The fraction of sp³-hybridized carbons (Fsp3) is 0.577. The zero-order chi connectivity index (χ0) is 23.6. The monoisotopic (exact) mass is 472 g/mol. The predicted molar refractivity (Wildman–Crippen MR) is 130 cm³/mol. The molecule has 0 saturated carbocycles. The summed E-state index contributed by atoms with van der Waals surface area (Å²) in [6.45, 7) is 11.7. The number of hydrogen-bond acceptors (Lipinski definition) is 4. The Morgan fingerprint density at radius 3 is 2.67 bits per heavy atom. The fourth-order valence-electron chi connectivity index (χ4n) is 5.35. The second-order valence-corrected chi connectivity index (χ2v) is 11.0. The van der Waals surface area contributed by atoms with Gasteiger partial charge in [0, 0.05) is 36.3 Å². The number of nitrogens with zero attached hydrogens (tertiary/aromatic N) is 2. The highest BCUT2D eigenvalue weighted by Crippen LogP contribution is 2.42. The molecule has 0 bridgehead atoms. The van der Waals surface area contributed by atoms with Crippen molar-refractivity contribution in [3.05, 3.63) is 52.3 Å². The van der Waals surface area contributed by atoms with E-state index in [0.29, 0.717) is 39.3 Å². The summed E-state index contributed by atoms with van der Waals surface area (Å²) in [5, 5.41) is 0. The van der Waals surface area contributed by atoms with Crippen LogP contribution < -0.4 is 0 Å². The molecule has 2 aromatic rings. The molecule has 0 N–H and O–H groups in total. The van der Waals surface area contributed by atoms with Crippen molar-refractivity contribution in [2.75, 3.05) is 32.9 Å². The van der Waals surface area contributed by atoms with Crippen molar-refractivity contribution in [1.29, 1.82) is 0 Å². The van der Waals surface area contributed by atoms with Crippen LogP contribution in [-0.4, -0.2) is 52.0 Å². The van der Waals surface area contributed by atoms with Crippen LogP contribution in [0.2, 0.25) is 0 Å². The molecule has 7 heteroatoms. The van der Waals surface area contributed by atoms with Gasteiger partial charge in [-0.3, -0.25) is 4.79 Å². The van der Waals surface area contributed by atoms with Gasteiger partial charge in [0.1, 0.15) is 17.5 Å². The van der Waals surface area contributed by atoms with Gasteiger partial charge in [-0.15, -0.1) is 0 Å². The average Bonchev–Trinajstić information content (AvgIpc) is 3.06. The number of benzene rings is 1. The van der Waals surface area contributed by atoms with Crippen LogP contribution >= 0.6 is 0 Å². The lowest BCUT2D eigenvalue weighted by Gasteiger charge is -2.32. The van der Waals surface area contributed by atoms with Crippen LogP contribution in [0.1, 0.15) is 61.7 Å². The van der Waals surface area contributed by atoms with E-state index in [2.05, 4.69) is 31.4 Å². The minimum Gasteiger partial charge on any atom is -0.465 e. The number of esters is 1. The summed E-state index contributed by atoms with van der Waals surface area (Å²) in [4.78, 5) is 13.3. The zero-order valence-corrected chi connectivity index (χ0v) is 21.1. The molecule has 1 aliphatic carbocycles. The van der Waals surface area contributed by atoms with E-state index < -0.39 is 11.0 Å². The molecule has 180 valence electrons. The van der Waals surface area contributed by atoms with Crippen LogP contribution in [0.3, 0.4) is 0 Å². The Hall–Kier alpha value is -1.96. The Morgan fingerprint density at radius 2 is 1.94 bits per heavy atom. The van der Waals surface area contributed by atoms with Gasteiger partial charge >= 0.3 is 5.97 Å². The van der Waals surface area contributed by atoms with Crippen LogP contribution in [0.4, 0.5) is 0 Å². The first kappa shape index (κ1) is 24.2. The summed E-state index contributed by atoms with van der Waals surface area (Å²) in [6, 6.07) is 8.07. The molecule has 2 heterocycles. The molecule has 2 aliphatic rings. The van der Waals surface area contributed by atoms with Crippen molar-refractivity contribution >= 4 is 17.0 Å². The Kier molecular flexibility index (Phi) is 7.41. The first-order valence-electron chi connectivity index (χ1n) is 12.0. The molecule has 0 amide bonds. The molecule has 1 aliphatic heterocycles. The van der Waals surface area contributed by atoms with Crippen molar-refractivity contribution in [2.24, 2.45) is 0 Å². The van der Waals surface area contributed by atoms with Crippen LogP contribution in [0.5, 0.6) is 0 Å². The van der Waals surface area contributed by atoms with Crippen LogP contribution in [0, 0.1) is 6.92 Å². The number of fused-ring (bicyclic) bond motifs is 1. The molecular weight excluding hydrogens is 436 g/mol. The second-order valence-electron chi connectivity index (χ2n) is 9.59. The van der Waals surface area contributed by atoms with E-state index in [1.807, 2.05) is 29.4 Å². The van der Waals surface area contributed by atoms with E-state index in [-0.39, 0.29) is 17.9 Å². The largest absolute Gasteiger partial charge is 0.465 e. The van der Waals surface area contributed by atoms with Gasteiger partial charge in [0.25, 0.3) is 0 Å². The Labute approximate surface area is 199 Å². The van der Waals surface area contributed by atoms with E-state index in [4.69, 9.17) is 9.47 Å². The van der Waals surface area contributed by atoms with Gasteiger partial charge in [-0.25, -0.2) is 8.51 Å². The smallest absolute Gasteiger partial charge is 0.325 e. The quantitative estimate of drug-likeness (QED) is 0.573. The highest BCUT2D eigenvalue weighted by Gasteiger charge is 2.35. The maximum Gasteiger partial charge on any atom is 0.325 e. The third kappa shape index (κ3) is 4.96. The van der Waals surface area contributed by atoms with Gasteiger partial charge in [-0.05, 0) is 55.9 Å². The lowest BCUT2D eigenvalue weighted by atomic mass is 9.75. The standard InChI is InChI=1S/C26H36N2O4S/c1-5-32-24(29)18-28-19(2)22(21-10-8-12-26(3,4)25(21)28)17-20-9-6-7-11-23(20)33(30)27-13-15-31-16-14-27/h6-7,9,11H,5,8,10,12-18H2,1-4H3. The number of rotatable bonds is 7. The van der Waals surface area contributed by atoms with E-state index in [1.54, 1.807) is 0 Å². The SMILES string of the molecule is CCOC(=O)Cn1c(C)c(Cc2ccccc2S(=O)N2CCOCC2)c2c1C(C)(C)CCC2. The number of carbonyl (C=O) groups is 1. The summed E-state index contributed by atoms with van der Waals surface area (Å²) in [6.07, 6.45) is 3.96. The molecule has 1 aromatic carbocycles. The van der Waals surface area contributed by atoms with Gasteiger partial charge in [0.05, 0.1) is 24.7 Å². The fourth-order valence-corrected chi connectivity index (χ4v) is 6.67. The number of hydrogen-bond donors (Lipinski definition) is 0. The molecule has 1 atom stereocenters. The summed E-state index contributed by atoms with van der Waals surface area (Å²) in [7, 11) is -1.21. The molecule has 1 unspecified atom stereocenters. The van der Waals surface area contributed by atoms with Gasteiger partial charge in [-0.2, -0.15) is 0 Å². The van der Waals surface area contributed by atoms with Gasteiger partial charge in [-0.1, -0.05) is 32.0 Å². The van der Waals surface area contributed by atoms with Gasteiger partial charge in [0.2, 0.25) is 0 Å². The van der Waals surface area contributed by atoms with Gasteiger partial charge < -0.3 is 14.0 Å². The molecule has 1 aromatic heterocycles. The van der Waals surface area contributed by atoms with E-state index >= 15 is 0 Å². The lowest BCUT2D eigenvalue weighted by molar-refractivity contribution is -0.143. The molecule has 4 rings (SSSR count). The first-order valence-corrected chi connectivity index (χ1v) is 13.1. The predicted octanol–water partition coefficient (Wildman–Crippen LogP) is 3.92. The Morgan fingerprint density at radius 1 is 1.21 bits per heavy atom. The molecule has 6 nitrogen and oxygen atoms in total. The third-order valence-electron chi connectivity index (χ3n) is 6.96. The van der Waals surface area contributed by atoms with Crippen LogP contribution in [0.25, 0.3) is 0 Å². The van der Waals surface area contributed by atoms with Gasteiger partial charge in [0.15, 0.2) is 0 Å². The molecule has 0 radical (unpaired) electrons. The lowest BCUT2D eigenvalue weighted by Crippen LogP contribution is -2.37. The number of ether oxygens (including phenoxy) is 2. The van der Waals surface area contributed by atoms with Crippen molar-refractivity contribution in [3.63, 3.8) is 0 Å². The topological polar surface area (TPSA) is 60.8 Å². The summed E-state index contributed by atoms with van der Waals surface area (Å²) in [5.74, 6) is -0.194. The van der Waals surface area contributed by atoms with Crippen molar-refractivity contribution < 1.29 is 18.5 Å². The molecule has 33 heavy (non-hydrogen) atoms. The summed E-state index contributed by atoms with van der Waals surface area (Å²) in [5.41, 5.74) is 6.11.